The zero-order chi connectivity index (χ0) is 18.7. The summed E-state index contributed by atoms with van der Waals surface area (Å²) in [6.45, 7) is 4.38. The Morgan fingerprint density at radius 2 is 2.00 bits per heavy atom. The molecule has 3 amide bonds. The number of hydrogen-bond acceptors (Lipinski definition) is 5. The van der Waals surface area contributed by atoms with Crippen LogP contribution in [0.3, 0.4) is 0 Å². The third kappa shape index (κ3) is 4.56. The molecule has 1 atom stereocenters. The molecule has 1 unspecified atom stereocenters. The van der Waals surface area contributed by atoms with E-state index in [0.717, 1.165) is 18.4 Å². The Morgan fingerprint density at radius 3 is 2.62 bits per heavy atom. The van der Waals surface area contributed by atoms with Crippen LogP contribution in [0.2, 0.25) is 5.02 Å². The summed E-state index contributed by atoms with van der Waals surface area (Å²) >= 11 is 7.20. The Bertz CT molecular complexity index is 804. The summed E-state index contributed by atoms with van der Waals surface area (Å²) in [4.78, 5) is 23.9. The number of aromatic nitrogens is 3. The van der Waals surface area contributed by atoms with Crippen molar-refractivity contribution in [1.82, 2.24) is 25.4 Å². The fraction of sp³-hybridized carbons (Fsp3) is 0.412. The van der Waals surface area contributed by atoms with E-state index in [0.29, 0.717) is 22.5 Å². The smallest absolute Gasteiger partial charge is 0.321 e. The van der Waals surface area contributed by atoms with E-state index in [1.54, 1.807) is 19.1 Å². The summed E-state index contributed by atoms with van der Waals surface area (Å²) in [5, 5.41) is 14.4. The number of imide groups is 1. The largest absolute Gasteiger partial charge is 0.335 e. The van der Waals surface area contributed by atoms with E-state index in [4.69, 9.17) is 11.6 Å². The van der Waals surface area contributed by atoms with Crippen molar-refractivity contribution in [2.45, 2.75) is 49.7 Å². The molecule has 26 heavy (non-hydrogen) atoms. The number of carbonyl (C=O) groups is 2. The van der Waals surface area contributed by atoms with Gasteiger partial charge in [0.2, 0.25) is 5.91 Å². The summed E-state index contributed by atoms with van der Waals surface area (Å²) in [5.74, 6) is 0.359. The van der Waals surface area contributed by atoms with Crippen molar-refractivity contribution in [1.29, 1.82) is 0 Å². The highest BCUT2D eigenvalue weighted by molar-refractivity contribution is 8.00. The van der Waals surface area contributed by atoms with Crippen molar-refractivity contribution in [3.05, 3.63) is 29.3 Å². The number of nitrogens with zero attached hydrogens (tertiary/aromatic N) is 3. The first-order valence-electron chi connectivity index (χ1n) is 8.45. The van der Waals surface area contributed by atoms with Crippen molar-refractivity contribution in [3.8, 4) is 11.4 Å². The van der Waals surface area contributed by atoms with Crippen molar-refractivity contribution in [3.63, 3.8) is 0 Å². The Kier molecular flexibility index (Phi) is 5.83. The summed E-state index contributed by atoms with van der Waals surface area (Å²) in [5.41, 5.74) is 0.900. The van der Waals surface area contributed by atoms with Crippen LogP contribution in [0.4, 0.5) is 4.79 Å². The molecule has 1 aliphatic rings. The highest BCUT2D eigenvalue weighted by Crippen LogP contribution is 2.27. The average molecular weight is 394 g/mol. The van der Waals surface area contributed by atoms with E-state index < -0.39 is 11.3 Å². The maximum absolute atomic E-state index is 12.2. The van der Waals surface area contributed by atoms with Gasteiger partial charge in [0.1, 0.15) is 0 Å². The van der Waals surface area contributed by atoms with Gasteiger partial charge in [0.15, 0.2) is 11.0 Å². The standard InChI is InChI=1S/C17H20ClN5O2S/c1-3-23-14(11-4-6-12(18)7-5-11)21-22-17(23)26-10(2)15(24)20-16(25)19-13-8-9-13/h4-7,10,13H,3,8-9H2,1-2H3,(H2,19,20,24,25). The van der Waals surface area contributed by atoms with Gasteiger partial charge in [0.05, 0.1) is 5.25 Å². The molecular formula is C17H20ClN5O2S. The molecule has 0 saturated heterocycles. The molecular weight excluding hydrogens is 374 g/mol. The van der Waals surface area contributed by atoms with Gasteiger partial charge >= 0.3 is 6.03 Å². The highest BCUT2D eigenvalue weighted by Gasteiger charge is 2.26. The van der Waals surface area contributed by atoms with Gasteiger partial charge in [-0.2, -0.15) is 0 Å². The van der Waals surface area contributed by atoms with Gasteiger partial charge in [-0.3, -0.25) is 10.1 Å². The van der Waals surface area contributed by atoms with E-state index >= 15 is 0 Å². The molecule has 1 aromatic carbocycles. The molecule has 2 aromatic rings. The number of thioether (sulfide) groups is 1. The molecule has 1 aliphatic carbocycles. The molecule has 1 heterocycles. The maximum Gasteiger partial charge on any atom is 0.321 e. The van der Waals surface area contributed by atoms with Crippen LogP contribution in [-0.2, 0) is 11.3 Å². The zero-order valence-corrected chi connectivity index (χ0v) is 16.1. The normalized spacial score (nSPS) is 14.7. The van der Waals surface area contributed by atoms with Crippen LogP contribution < -0.4 is 10.6 Å². The fourth-order valence-corrected chi connectivity index (χ4v) is 3.39. The molecule has 0 aliphatic heterocycles. The van der Waals surface area contributed by atoms with Gasteiger partial charge in [0.25, 0.3) is 0 Å². The second-order valence-electron chi connectivity index (χ2n) is 6.05. The number of carbonyl (C=O) groups excluding carboxylic acids is 2. The number of amides is 3. The Morgan fingerprint density at radius 1 is 1.31 bits per heavy atom. The van der Waals surface area contributed by atoms with E-state index in [2.05, 4.69) is 20.8 Å². The van der Waals surface area contributed by atoms with Crippen LogP contribution in [0, 0.1) is 0 Å². The fourth-order valence-electron chi connectivity index (χ4n) is 2.35. The highest BCUT2D eigenvalue weighted by atomic mass is 35.5. The topological polar surface area (TPSA) is 88.9 Å². The molecule has 1 fully saturated rings. The van der Waals surface area contributed by atoms with E-state index in [1.165, 1.54) is 11.8 Å². The molecule has 0 bridgehead atoms. The molecule has 2 N–H and O–H groups in total. The maximum atomic E-state index is 12.2. The van der Waals surface area contributed by atoms with Crippen LogP contribution >= 0.6 is 23.4 Å². The molecule has 0 radical (unpaired) electrons. The van der Waals surface area contributed by atoms with Crippen LogP contribution in [0.5, 0.6) is 0 Å². The number of hydrogen-bond donors (Lipinski definition) is 2. The molecule has 9 heteroatoms. The predicted molar refractivity (Wildman–Crippen MR) is 101 cm³/mol. The SMILES string of the molecule is CCn1c(SC(C)C(=O)NC(=O)NC2CC2)nnc1-c1ccc(Cl)cc1. The van der Waals surface area contributed by atoms with E-state index in [1.807, 2.05) is 23.6 Å². The summed E-state index contributed by atoms with van der Waals surface area (Å²) in [6.07, 6.45) is 1.94. The minimum atomic E-state index is -0.479. The lowest BCUT2D eigenvalue weighted by atomic mass is 10.2. The minimum absolute atomic E-state index is 0.205. The first kappa shape index (κ1) is 18.7. The molecule has 0 spiro atoms. The first-order chi connectivity index (χ1) is 12.5. The van der Waals surface area contributed by atoms with Gasteiger partial charge in [-0.15, -0.1) is 10.2 Å². The Labute approximate surface area is 160 Å². The summed E-state index contributed by atoms with van der Waals surface area (Å²) in [6, 6.07) is 7.12. The molecule has 7 nitrogen and oxygen atoms in total. The average Bonchev–Trinajstić information content (AvgIpc) is 3.33. The molecule has 1 saturated carbocycles. The quantitative estimate of drug-likeness (QED) is 0.736. The van der Waals surface area contributed by atoms with Crippen molar-refractivity contribution in [2.75, 3.05) is 0 Å². The minimum Gasteiger partial charge on any atom is -0.335 e. The van der Waals surface area contributed by atoms with Crippen LogP contribution in [0.25, 0.3) is 11.4 Å². The van der Waals surface area contributed by atoms with Crippen molar-refractivity contribution in [2.24, 2.45) is 0 Å². The number of benzene rings is 1. The van der Waals surface area contributed by atoms with Gasteiger partial charge in [-0.05, 0) is 51.0 Å². The lowest BCUT2D eigenvalue weighted by molar-refractivity contribution is -0.119. The number of rotatable bonds is 6. The van der Waals surface area contributed by atoms with E-state index in [-0.39, 0.29) is 11.9 Å². The number of halogens is 1. The van der Waals surface area contributed by atoms with Gasteiger partial charge < -0.3 is 9.88 Å². The van der Waals surface area contributed by atoms with Gasteiger partial charge in [-0.25, -0.2) is 4.79 Å². The zero-order valence-electron chi connectivity index (χ0n) is 14.5. The lowest BCUT2D eigenvalue weighted by Crippen LogP contribution is -2.43. The lowest BCUT2D eigenvalue weighted by Gasteiger charge is -2.12. The van der Waals surface area contributed by atoms with Gasteiger partial charge in [0, 0.05) is 23.2 Å². The monoisotopic (exact) mass is 393 g/mol. The van der Waals surface area contributed by atoms with E-state index in [9.17, 15) is 9.59 Å². The molecule has 138 valence electrons. The van der Waals surface area contributed by atoms with Crippen molar-refractivity contribution >= 4 is 35.3 Å². The second kappa shape index (κ2) is 8.09. The Balaban J connectivity index is 1.67. The molecule has 3 rings (SSSR count). The van der Waals surface area contributed by atoms with Crippen molar-refractivity contribution < 1.29 is 9.59 Å². The number of urea groups is 1. The summed E-state index contributed by atoms with van der Waals surface area (Å²) in [7, 11) is 0. The second-order valence-corrected chi connectivity index (χ2v) is 7.80. The van der Waals surface area contributed by atoms with Crippen LogP contribution in [0.1, 0.15) is 26.7 Å². The predicted octanol–water partition coefficient (Wildman–Crippen LogP) is 3.09. The third-order valence-electron chi connectivity index (χ3n) is 3.94. The van der Waals surface area contributed by atoms with Gasteiger partial charge in [-0.1, -0.05) is 23.4 Å². The van der Waals surface area contributed by atoms with Crippen LogP contribution in [-0.4, -0.2) is 38.0 Å². The first-order valence-corrected chi connectivity index (χ1v) is 9.71. The third-order valence-corrected chi connectivity index (χ3v) is 5.27. The number of nitrogens with one attached hydrogen (secondary N) is 2. The Hall–Kier alpha value is -2.06. The molecule has 1 aromatic heterocycles. The summed E-state index contributed by atoms with van der Waals surface area (Å²) < 4.78 is 1.93. The van der Waals surface area contributed by atoms with Crippen LogP contribution in [0.15, 0.2) is 29.4 Å².